The number of hydrogen-bond acceptors (Lipinski definition) is 5. The van der Waals surface area contributed by atoms with E-state index in [0.29, 0.717) is 22.8 Å². The number of rotatable bonds is 7. The molecule has 0 unspecified atom stereocenters. The van der Waals surface area contributed by atoms with Gasteiger partial charge < -0.3 is 19.2 Å². The number of nitrogens with one attached hydrogen (secondary N) is 1. The first-order valence-electron chi connectivity index (χ1n) is 8.57. The van der Waals surface area contributed by atoms with Crippen LogP contribution in [0.4, 0.5) is 0 Å². The van der Waals surface area contributed by atoms with E-state index in [4.69, 9.17) is 13.9 Å². The SMILES string of the molecule is COc1cc(C(C)=O)ccc1OCC(=O)N[C@H](C)c1cc2ccccc2o1. The number of para-hydroxylation sites is 1. The Morgan fingerprint density at radius 1 is 1.11 bits per heavy atom. The third kappa shape index (κ3) is 4.28. The smallest absolute Gasteiger partial charge is 0.258 e. The molecule has 0 saturated heterocycles. The number of amides is 1. The molecule has 0 aliphatic rings. The van der Waals surface area contributed by atoms with E-state index in [-0.39, 0.29) is 24.3 Å². The van der Waals surface area contributed by atoms with Crippen LogP contribution in [0.1, 0.15) is 36.0 Å². The maximum absolute atomic E-state index is 12.2. The van der Waals surface area contributed by atoms with Gasteiger partial charge in [0.2, 0.25) is 0 Å². The Balaban J connectivity index is 1.61. The molecule has 1 heterocycles. The van der Waals surface area contributed by atoms with Gasteiger partial charge in [-0.3, -0.25) is 9.59 Å². The minimum absolute atomic E-state index is 0.0720. The molecular weight excluding hydrogens is 346 g/mol. The van der Waals surface area contributed by atoms with Gasteiger partial charge >= 0.3 is 0 Å². The van der Waals surface area contributed by atoms with Gasteiger partial charge in [0.25, 0.3) is 5.91 Å². The third-order valence-electron chi connectivity index (χ3n) is 4.18. The average molecular weight is 367 g/mol. The molecule has 0 aliphatic heterocycles. The predicted molar refractivity (Wildman–Crippen MR) is 101 cm³/mol. The number of methoxy groups -OCH3 is 1. The molecule has 6 nitrogen and oxygen atoms in total. The van der Waals surface area contributed by atoms with Crippen LogP contribution in [-0.4, -0.2) is 25.4 Å². The van der Waals surface area contributed by atoms with Gasteiger partial charge in [0.1, 0.15) is 11.3 Å². The molecule has 0 fully saturated rings. The van der Waals surface area contributed by atoms with Crippen molar-refractivity contribution in [3.8, 4) is 11.5 Å². The molecule has 2 aromatic carbocycles. The van der Waals surface area contributed by atoms with Crippen molar-refractivity contribution in [3.05, 3.63) is 59.9 Å². The van der Waals surface area contributed by atoms with Crippen LogP contribution in [0.15, 0.2) is 52.9 Å². The van der Waals surface area contributed by atoms with Crippen molar-refractivity contribution in [2.45, 2.75) is 19.9 Å². The Morgan fingerprint density at radius 3 is 2.59 bits per heavy atom. The molecule has 0 saturated carbocycles. The van der Waals surface area contributed by atoms with Crippen molar-refractivity contribution in [1.29, 1.82) is 0 Å². The lowest BCUT2D eigenvalue weighted by Crippen LogP contribution is -2.31. The van der Waals surface area contributed by atoms with Crippen LogP contribution in [0.3, 0.4) is 0 Å². The molecule has 6 heteroatoms. The zero-order chi connectivity index (χ0) is 19.4. The Hall–Kier alpha value is -3.28. The van der Waals surface area contributed by atoms with Crippen LogP contribution in [0, 0.1) is 0 Å². The van der Waals surface area contributed by atoms with E-state index < -0.39 is 0 Å². The second-order valence-electron chi connectivity index (χ2n) is 6.19. The summed E-state index contributed by atoms with van der Waals surface area (Å²) in [7, 11) is 1.48. The molecule has 1 aromatic heterocycles. The molecular formula is C21H21NO5. The zero-order valence-corrected chi connectivity index (χ0v) is 15.4. The molecule has 1 amide bonds. The summed E-state index contributed by atoms with van der Waals surface area (Å²) >= 11 is 0. The molecule has 0 aliphatic carbocycles. The number of hydrogen-bond donors (Lipinski definition) is 1. The lowest BCUT2D eigenvalue weighted by Gasteiger charge is -2.14. The fourth-order valence-corrected chi connectivity index (χ4v) is 2.72. The summed E-state index contributed by atoms with van der Waals surface area (Å²) in [5.41, 5.74) is 1.29. The minimum Gasteiger partial charge on any atom is -0.493 e. The van der Waals surface area contributed by atoms with Crippen LogP contribution in [0.5, 0.6) is 11.5 Å². The van der Waals surface area contributed by atoms with E-state index >= 15 is 0 Å². The number of carbonyl (C=O) groups excluding carboxylic acids is 2. The highest BCUT2D eigenvalue weighted by atomic mass is 16.5. The molecule has 3 aromatic rings. The van der Waals surface area contributed by atoms with E-state index in [0.717, 1.165) is 11.0 Å². The number of furan rings is 1. The summed E-state index contributed by atoms with van der Waals surface area (Å²) in [5.74, 6) is 1.11. The van der Waals surface area contributed by atoms with Crippen molar-refractivity contribution in [1.82, 2.24) is 5.32 Å². The van der Waals surface area contributed by atoms with E-state index in [1.165, 1.54) is 14.0 Å². The van der Waals surface area contributed by atoms with Crippen molar-refractivity contribution in [2.75, 3.05) is 13.7 Å². The maximum Gasteiger partial charge on any atom is 0.258 e. The van der Waals surface area contributed by atoms with Crippen LogP contribution in [-0.2, 0) is 4.79 Å². The van der Waals surface area contributed by atoms with Gasteiger partial charge in [0.05, 0.1) is 13.2 Å². The summed E-state index contributed by atoms with van der Waals surface area (Å²) in [6, 6.07) is 14.1. The molecule has 3 rings (SSSR count). The van der Waals surface area contributed by atoms with E-state index in [1.54, 1.807) is 18.2 Å². The highest BCUT2D eigenvalue weighted by Gasteiger charge is 2.15. The predicted octanol–water partition coefficient (Wildman–Crippen LogP) is 3.90. The number of fused-ring (bicyclic) bond motifs is 1. The first-order chi connectivity index (χ1) is 13.0. The Bertz CT molecular complexity index is 943. The van der Waals surface area contributed by atoms with E-state index in [2.05, 4.69) is 5.32 Å². The zero-order valence-electron chi connectivity index (χ0n) is 15.4. The number of ether oxygens (including phenoxy) is 2. The van der Waals surface area contributed by atoms with Gasteiger partial charge in [-0.1, -0.05) is 18.2 Å². The average Bonchev–Trinajstić information content (AvgIpc) is 3.10. The van der Waals surface area contributed by atoms with E-state index in [9.17, 15) is 9.59 Å². The highest BCUT2D eigenvalue weighted by molar-refractivity contribution is 5.94. The second-order valence-corrected chi connectivity index (χ2v) is 6.19. The van der Waals surface area contributed by atoms with E-state index in [1.807, 2.05) is 37.3 Å². The van der Waals surface area contributed by atoms with Gasteiger partial charge in [-0.05, 0) is 44.2 Å². The Morgan fingerprint density at radius 2 is 1.89 bits per heavy atom. The quantitative estimate of drug-likeness (QED) is 0.641. The lowest BCUT2D eigenvalue weighted by molar-refractivity contribution is -0.123. The lowest BCUT2D eigenvalue weighted by atomic mass is 10.1. The molecule has 1 atom stereocenters. The largest absolute Gasteiger partial charge is 0.493 e. The second kappa shape index (κ2) is 7.95. The van der Waals surface area contributed by atoms with Crippen molar-refractivity contribution >= 4 is 22.7 Å². The summed E-state index contributed by atoms with van der Waals surface area (Å²) in [6.45, 7) is 3.14. The summed E-state index contributed by atoms with van der Waals surface area (Å²) in [4.78, 5) is 23.7. The summed E-state index contributed by atoms with van der Waals surface area (Å²) < 4.78 is 16.5. The number of benzene rings is 2. The van der Waals surface area contributed by atoms with Crippen LogP contribution >= 0.6 is 0 Å². The van der Waals surface area contributed by atoms with Gasteiger partial charge in [0.15, 0.2) is 23.9 Å². The van der Waals surface area contributed by atoms with Gasteiger partial charge in [-0.25, -0.2) is 0 Å². The highest BCUT2D eigenvalue weighted by Crippen LogP contribution is 2.28. The molecule has 140 valence electrons. The molecule has 0 spiro atoms. The van der Waals surface area contributed by atoms with Crippen LogP contribution in [0.2, 0.25) is 0 Å². The Labute approximate surface area is 157 Å². The monoisotopic (exact) mass is 367 g/mol. The number of ketones is 1. The van der Waals surface area contributed by atoms with Crippen molar-refractivity contribution < 1.29 is 23.5 Å². The first kappa shape index (κ1) is 18.5. The third-order valence-corrected chi connectivity index (χ3v) is 4.18. The molecule has 0 bridgehead atoms. The fourth-order valence-electron chi connectivity index (χ4n) is 2.72. The van der Waals surface area contributed by atoms with Gasteiger partial charge in [0, 0.05) is 10.9 Å². The number of Topliss-reactive ketones (excluding diaryl/α,β-unsaturated/α-hetero) is 1. The summed E-state index contributed by atoms with van der Waals surface area (Å²) in [5, 5.41) is 3.83. The van der Waals surface area contributed by atoms with Crippen LogP contribution < -0.4 is 14.8 Å². The fraction of sp³-hybridized carbons (Fsp3) is 0.238. The normalized spacial score (nSPS) is 11.8. The molecule has 27 heavy (non-hydrogen) atoms. The molecule has 0 radical (unpaired) electrons. The van der Waals surface area contributed by atoms with Crippen molar-refractivity contribution in [2.24, 2.45) is 0 Å². The van der Waals surface area contributed by atoms with Crippen LogP contribution in [0.25, 0.3) is 11.0 Å². The standard InChI is InChI=1S/C21H21NO5/c1-13(19-11-16-6-4-5-7-17(16)27-19)22-21(24)12-26-18-9-8-15(14(2)23)10-20(18)25-3/h4-11,13H,12H2,1-3H3,(H,22,24)/t13-/m1/s1. The number of carbonyl (C=O) groups is 2. The first-order valence-corrected chi connectivity index (χ1v) is 8.57. The van der Waals surface area contributed by atoms with Gasteiger partial charge in [-0.2, -0.15) is 0 Å². The Kier molecular flexibility index (Phi) is 5.45. The maximum atomic E-state index is 12.2. The van der Waals surface area contributed by atoms with Crippen molar-refractivity contribution in [3.63, 3.8) is 0 Å². The summed E-state index contributed by atoms with van der Waals surface area (Å²) in [6.07, 6.45) is 0. The van der Waals surface area contributed by atoms with Gasteiger partial charge in [-0.15, -0.1) is 0 Å². The minimum atomic E-state index is -0.296. The molecule has 1 N–H and O–H groups in total. The topological polar surface area (TPSA) is 77.8 Å².